The molecule has 1 aromatic heterocycles. The topological polar surface area (TPSA) is 22.1 Å². The molecule has 0 atom stereocenters. The van der Waals surface area contributed by atoms with Gasteiger partial charge in [0.05, 0.1) is 12.7 Å². The van der Waals surface area contributed by atoms with Gasteiger partial charge in [-0.05, 0) is 44.6 Å². The molecule has 72 valence electrons. The van der Waals surface area contributed by atoms with Crippen LogP contribution in [0.1, 0.15) is 12.0 Å². The normalized spacial score (nSPS) is 10.6. The van der Waals surface area contributed by atoms with E-state index in [1.807, 2.05) is 22.6 Å². The summed E-state index contributed by atoms with van der Waals surface area (Å²) in [5, 5.41) is 0. The number of hydrogen-bond acceptors (Lipinski definition) is 2. The summed E-state index contributed by atoms with van der Waals surface area (Å²) in [7, 11) is 1.33. The van der Waals surface area contributed by atoms with Crippen molar-refractivity contribution in [2.24, 2.45) is 0 Å². The molecule has 1 heterocycles. The first kappa shape index (κ1) is 11.1. The quantitative estimate of drug-likeness (QED) is 0.593. The van der Waals surface area contributed by atoms with Crippen LogP contribution in [0, 0.1) is 3.70 Å². The number of aromatic nitrogens is 1. The Hall–Kier alpha value is 0.0200. The average Bonchev–Trinajstić information content (AvgIpc) is 2.02. The second-order valence-corrected chi connectivity index (χ2v) is 4.02. The molecule has 0 radical (unpaired) electrons. The highest BCUT2D eigenvalue weighted by molar-refractivity contribution is 14.1. The minimum atomic E-state index is -2.55. The van der Waals surface area contributed by atoms with Crippen LogP contribution in [-0.4, -0.2) is 12.1 Å². The number of pyridine rings is 1. The highest BCUT2D eigenvalue weighted by Crippen LogP contribution is 2.34. The van der Waals surface area contributed by atoms with Gasteiger partial charge in [-0.3, -0.25) is 0 Å². The average molecular weight is 364 g/mol. The first-order valence-corrected chi connectivity index (χ1v) is 5.11. The predicted octanol–water partition coefficient (Wildman–Crippen LogP) is 3.39. The fourth-order valence-corrected chi connectivity index (χ4v) is 2.34. The number of ether oxygens (including phenoxy) is 1. The Morgan fingerprint density at radius 1 is 1.62 bits per heavy atom. The third-order valence-corrected chi connectivity index (χ3v) is 2.46. The molecule has 0 fully saturated rings. The summed E-state index contributed by atoms with van der Waals surface area (Å²) < 4.78 is 30.5. The van der Waals surface area contributed by atoms with Crippen LogP contribution in [0.25, 0.3) is 0 Å². The Morgan fingerprint density at radius 3 is 2.69 bits per heavy atom. The van der Waals surface area contributed by atoms with E-state index in [0.717, 1.165) is 0 Å². The Morgan fingerprint density at radius 2 is 2.23 bits per heavy atom. The fourth-order valence-electron chi connectivity index (χ4n) is 0.854. The lowest BCUT2D eigenvalue weighted by Gasteiger charge is -2.09. The summed E-state index contributed by atoms with van der Waals surface area (Å²) in [6.07, 6.45) is -2.55. The summed E-state index contributed by atoms with van der Waals surface area (Å²) in [4.78, 5) is 3.93. The second-order valence-electron chi connectivity index (χ2n) is 2.16. The molecule has 0 aromatic carbocycles. The van der Waals surface area contributed by atoms with E-state index in [9.17, 15) is 8.78 Å². The minimum Gasteiger partial charge on any atom is -0.493 e. The summed E-state index contributed by atoms with van der Waals surface area (Å²) in [6.45, 7) is 0. The molecule has 1 aromatic rings. The zero-order valence-corrected chi connectivity index (χ0v) is 10.3. The van der Waals surface area contributed by atoms with Crippen molar-refractivity contribution in [3.05, 3.63) is 19.9 Å². The van der Waals surface area contributed by atoms with Crippen molar-refractivity contribution in [3.8, 4) is 5.75 Å². The van der Waals surface area contributed by atoms with Gasteiger partial charge in [0.1, 0.15) is 8.30 Å². The number of alkyl halides is 2. The lowest BCUT2D eigenvalue weighted by Crippen LogP contribution is -1.97. The van der Waals surface area contributed by atoms with Gasteiger partial charge in [-0.15, -0.1) is 0 Å². The molecule has 0 aliphatic rings. The monoisotopic (exact) mass is 363 g/mol. The van der Waals surface area contributed by atoms with Crippen LogP contribution in [-0.2, 0) is 0 Å². The smallest absolute Gasteiger partial charge is 0.267 e. The van der Waals surface area contributed by atoms with Gasteiger partial charge in [0.15, 0.2) is 5.75 Å². The van der Waals surface area contributed by atoms with Gasteiger partial charge in [0.25, 0.3) is 6.43 Å². The number of rotatable bonds is 2. The lowest BCUT2D eigenvalue weighted by atomic mass is 10.2. The van der Waals surface area contributed by atoms with Gasteiger partial charge in [0, 0.05) is 0 Å². The molecule has 0 unspecified atom stereocenters. The van der Waals surface area contributed by atoms with Gasteiger partial charge in [-0.2, -0.15) is 0 Å². The van der Waals surface area contributed by atoms with Crippen molar-refractivity contribution in [1.29, 1.82) is 0 Å². The molecule has 0 amide bonds. The summed E-state index contributed by atoms with van der Waals surface area (Å²) in [5.74, 6) is 0.0930. The van der Waals surface area contributed by atoms with E-state index >= 15 is 0 Å². The Kier molecular flexibility index (Phi) is 3.84. The van der Waals surface area contributed by atoms with Gasteiger partial charge in [-0.1, -0.05) is 0 Å². The number of nitrogens with zero attached hydrogens (tertiary/aromatic N) is 1. The Balaban J connectivity index is 3.29. The maximum Gasteiger partial charge on any atom is 0.267 e. The Labute approximate surface area is 96.0 Å². The van der Waals surface area contributed by atoms with Gasteiger partial charge in [-0.25, -0.2) is 13.8 Å². The molecule has 0 N–H and O–H groups in total. The molecule has 13 heavy (non-hydrogen) atoms. The molecule has 6 heteroatoms. The van der Waals surface area contributed by atoms with Crippen LogP contribution in [0.3, 0.4) is 0 Å². The van der Waals surface area contributed by atoms with Crippen LogP contribution in [0.15, 0.2) is 10.7 Å². The van der Waals surface area contributed by atoms with E-state index in [-0.39, 0.29) is 11.3 Å². The lowest BCUT2D eigenvalue weighted by molar-refractivity contribution is 0.146. The van der Waals surface area contributed by atoms with E-state index in [1.165, 1.54) is 13.2 Å². The Bertz CT molecular complexity index is 322. The van der Waals surface area contributed by atoms with Crippen LogP contribution < -0.4 is 4.74 Å². The molecule has 1 rings (SSSR count). The second kappa shape index (κ2) is 4.50. The SMILES string of the molecule is COc1c(C(F)F)cc(I)nc1Br. The standard InChI is InChI=1S/C7H5BrF2INO/c1-13-5-3(7(9)10)2-4(11)12-6(5)8/h2,7H,1H3. The maximum absolute atomic E-state index is 12.4. The first-order valence-electron chi connectivity index (χ1n) is 3.24. The highest BCUT2D eigenvalue weighted by Gasteiger charge is 2.18. The van der Waals surface area contributed by atoms with Crippen molar-refractivity contribution < 1.29 is 13.5 Å². The molecule has 0 saturated carbocycles. The molecule has 0 bridgehead atoms. The van der Waals surface area contributed by atoms with Crippen LogP contribution in [0.5, 0.6) is 5.75 Å². The largest absolute Gasteiger partial charge is 0.493 e. The molecule has 2 nitrogen and oxygen atoms in total. The molecule has 0 aliphatic carbocycles. The van der Waals surface area contributed by atoms with Crippen LogP contribution >= 0.6 is 38.5 Å². The van der Waals surface area contributed by atoms with Gasteiger partial charge in [0.2, 0.25) is 0 Å². The first-order chi connectivity index (χ1) is 6.06. The highest BCUT2D eigenvalue weighted by atomic mass is 127. The number of hydrogen-bond donors (Lipinski definition) is 0. The van der Waals surface area contributed by atoms with E-state index in [1.54, 1.807) is 0 Å². The molecule has 0 spiro atoms. The van der Waals surface area contributed by atoms with Gasteiger partial charge < -0.3 is 4.74 Å². The third-order valence-electron chi connectivity index (χ3n) is 1.37. The van der Waals surface area contributed by atoms with E-state index in [4.69, 9.17) is 4.74 Å². The van der Waals surface area contributed by atoms with E-state index < -0.39 is 6.43 Å². The van der Waals surface area contributed by atoms with Crippen LogP contribution in [0.2, 0.25) is 0 Å². The van der Waals surface area contributed by atoms with E-state index in [0.29, 0.717) is 8.30 Å². The summed E-state index contributed by atoms with van der Waals surface area (Å²) in [6, 6.07) is 1.30. The van der Waals surface area contributed by atoms with Crippen molar-refractivity contribution in [1.82, 2.24) is 4.98 Å². The molecule has 0 saturated heterocycles. The summed E-state index contributed by atoms with van der Waals surface area (Å²) in [5.41, 5.74) is -0.145. The van der Waals surface area contributed by atoms with Crippen molar-refractivity contribution in [3.63, 3.8) is 0 Å². The molecular formula is C7H5BrF2INO. The van der Waals surface area contributed by atoms with Crippen molar-refractivity contribution >= 4 is 38.5 Å². The van der Waals surface area contributed by atoms with Gasteiger partial charge >= 0.3 is 0 Å². The number of methoxy groups -OCH3 is 1. The zero-order chi connectivity index (χ0) is 10.0. The third kappa shape index (κ3) is 2.49. The van der Waals surface area contributed by atoms with Crippen molar-refractivity contribution in [2.75, 3.05) is 7.11 Å². The minimum absolute atomic E-state index is 0.0930. The maximum atomic E-state index is 12.4. The van der Waals surface area contributed by atoms with E-state index in [2.05, 4.69) is 20.9 Å². The van der Waals surface area contributed by atoms with Crippen LogP contribution in [0.4, 0.5) is 8.78 Å². The van der Waals surface area contributed by atoms with Crippen molar-refractivity contribution in [2.45, 2.75) is 6.43 Å². The number of halogens is 4. The fraction of sp³-hybridized carbons (Fsp3) is 0.286. The molecular weight excluding hydrogens is 359 g/mol. The molecule has 0 aliphatic heterocycles. The summed E-state index contributed by atoms with van der Waals surface area (Å²) >= 11 is 4.92. The predicted molar refractivity (Wildman–Crippen MR) is 56.2 cm³/mol. The zero-order valence-electron chi connectivity index (χ0n) is 6.52.